The molecule has 0 saturated heterocycles. The van der Waals surface area contributed by atoms with Gasteiger partial charge in [-0.15, -0.1) is 0 Å². The normalized spacial score (nSPS) is 11.8. The lowest BCUT2D eigenvalue weighted by atomic mass is 10.1. The van der Waals surface area contributed by atoms with E-state index in [1.165, 1.54) is 0 Å². The van der Waals surface area contributed by atoms with E-state index in [-0.39, 0.29) is 11.4 Å². The predicted molar refractivity (Wildman–Crippen MR) is 70.9 cm³/mol. The molecule has 2 aromatic rings. The van der Waals surface area contributed by atoms with Crippen LogP contribution in [0.2, 0.25) is 0 Å². The Morgan fingerprint density at radius 2 is 1.33 bits per heavy atom. The van der Waals surface area contributed by atoms with Gasteiger partial charge in [-0.05, 0) is 12.1 Å². The monoisotopic (exact) mass is 240 g/mol. The molecule has 4 heteroatoms. The standard InChI is InChI=1S/C14H12N2O2/c15-13(11-7-3-1-4-8-11)14(16(17)18)12-9-5-2-6-10-12/h1-10H,15H2. The zero-order valence-corrected chi connectivity index (χ0v) is 9.61. The summed E-state index contributed by atoms with van der Waals surface area (Å²) in [6.07, 6.45) is 0. The summed E-state index contributed by atoms with van der Waals surface area (Å²) < 4.78 is 0. The van der Waals surface area contributed by atoms with Crippen LogP contribution in [-0.2, 0) is 0 Å². The zero-order valence-electron chi connectivity index (χ0n) is 9.61. The summed E-state index contributed by atoms with van der Waals surface area (Å²) in [7, 11) is 0. The van der Waals surface area contributed by atoms with Gasteiger partial charge in [0, 0.05) is 5.56 Å². The third-order valence-corrected chi connectivity index (χ3v) is 2.57. The van der Waals surface area contributed by atoms with E-state index in [9.17, 15) is 10.1 Å². The number of rotatable bonds is 3. The van der Waals surface area contributed by atoms with Crippen LogP contribution in [0.3, 0.4) is 0 Å². The minimum Gasteiger partial charge on any atom is -0.393 e. The zero-order chi connectivity index (χ0) is 13.0. The molecule has 0 bridgehead atoms. The molecule has 2 N–H and O–H groups in total. The van der Waals surface area contributed by atoms with E-state index in [2.05, 4.69) is 0 Å². The topological polar surface area (TPSA) is 69.2 Å². The highest BCUT2D eigenvalue weighted by atomic mass is 16.6. The lowest BCUT2D eigenvalue weighted by Crippen LogP contribution is -2.08. The molecule has 0 aliphatic heterocycles. The van der Waals surface area contributed by atoms with E-state index in [1.54, 1.807) is 54.6 Å². The minimum absolute atomic E-state index is 0.0678. The maximum absolute atomic E-state index is 11.2. The van der Waals surface area contributed by atoms with E-state index in [0.29, 0.717) is 11.1 Å². The Labute approximate surface area is 105 Å². The predicted octanol–water partition coefficient (Wildman–Crippen LogP) is 2.75. The first-order valence-electron chi connectivity index (χ1n) is 5.45. The van der Waals surface area contributed by atoms with Gasteiger partial charge < -0.3 is 5.73 Å². The van der Waals surface area contributed by atoms with Crippen LogP contribution in [0.25, 0.3) is 11.4 Å². The molecular formula is C14H12N2O2. The summed E-state index contributed by atoms with van der Waals surface area (Å²) in [5.41, 5.74) is 7.17. The third-order valence-electron chi connectivity index (χ3n) is 2.57. The van der Waals surface area contributed by atoms with Crippen LogP contribution in [0.1, 0.15) is 11.1 Å². The molecule has 0 spiro atoms. The summed E-state index contributed by atoms with van der Waals surface area (Å²) >= 11 is 0. The average Bonchev–Trinajstić information content (AvgIpc) is 2.40. The maximum Gasteiger partial charge on any atom is 0.299 e. The summed E-state index contributed by atoms with van der Waals surface area (Å²) in [5, 5.41) is 11.2. The van der Waals surface area contributed by atoms with Crippen molar-refractivity contribution < 1.29 is 4.92 Å². The second kappa shape index (κ2) is 5.14. The summed E-state index contributed by atoms with van der Waals surface area (Å²) in [6.45, 7) is 0. The van der Waals surface area contributed by atoms with Gasteiger partial charge in [-0.3, -0.25) is 10.1 Å². The fourth-order valence-electron chi connectivity index (χ4n) is 1.71. The second-order valence-electron chi connectivity index (χ2n) is 3.75. The molecule has 0 unspecified atom stereocenters. The molecule has 0 atom stereocenters. The van der Waals surface area contributed by atoms with E-state index in [1.807, 2.05) is 6.07 Å². The molecule has 0 saturated carbocycles. The number of nitro groups is 1. The van der Waals surface area contributed by atoms with Crippen molar-refractivity contribution in [3.8, 4) is 0 Å². The molecule has 0 aliphatic rings. The van der Waals surface area contributed by atoms with E-state index in [0.717, 1.165) is 0 Å². The molecule has 0 heterocycles. The molecule has 18 heavy (non-hydrogen) atoms. The Bertz CT molecular complexity index is 577. The third kappa shape index (κ3) is 2.38. The van der Waals surface area contributed by atoms with Gasteiger partial charge >= 0.3 is 0 Å². The smallest absolute Gasteiger partial charge is 0.299 e. The van der Waals surface area contributed by atoms with Crippen molar-refractivity contribution in [3.05, 3.63) is 81.9 Å². The first-order chi connectivity index (χ1) is 8.70. The SMILES string of the molecule is NC(=C(c1ccccc1)[N+](=O)[O-])c1ccccc1. The molecule has 90 valence electrons. The van der Waals surface area contributed by atoms with Crippen LogP contribution >= 0.6 is 0 Å². The van der Waals surface area contributed by atoms with Gasteiger partial charge in [0.05, 0.1) is 10.5 Å². The Morgan fingerprint density at radius 1 is 0.889 bits per heavy atom. The largest absolute Gasteiger partial charge is 0.393 e. The van der Waals surface area contributed by atoms with Gasteiger partial charge in [-0.25, -0.2) is 0 Å². The van der Waals surface area contributed by atoms with E-state index < -0.39 is 4.92 Å². The number of benzene rings is 2. The van der Waals surface area contributed by atoms with Crippen molar-refractivity contribution in [2.45, 2.75) is 0 Å². The first kappa shape index (κ1) is 11.9. The molecule has 2 aromatic carbocycles. The summed E-state index contributed by atoms with van der Waals surface area (Å²) in [4.78, 5) is 10.7. The molecule has 0 aromatic heterocycles. The van der Waals surface area contributed by atoms with Gasteiger partial charge in [0.15, 0.2) is 0 Å². The fourth-order valence-corrected chi connectivity index (χ4v) is 1.71. The Balaban J connectivity index is 2.58. The molecule has 0 amide bonds. The van der Waals surface area contributed by atoms with Crippen LogP contribution in [0.15, 0.2) is 60.7 Å². The van der Waals surface area contributed by atoms with Crippen LogP contribution < -0.4 is 5.73 Å². The molecule has 0 fully saturated rings. The summed E-state index contributed by atoms with van der Waals surface area (Å²) in [5.74, 6) is 0. The quantitative estimate of drug-likeness (QED) is 0.509. The summed E-state index contributed by atoms with van der Waals surface area (Å²) in [6, 6.07) is 17.6. The van der Waals surface area contributed by atoms with Gasteiger partial charge in [-0.1, -0.05) is 48.5 Å². The minimum atomic E-state index is -0.447. The van der Waals surface area contributed by atoms with Crippen molar-refractivity contribution >= 4 is 11.4 Å². The van der Waals surface area contributed by atoms with Crippen LogP contribution in [0, 0.1) is 10.1 Å². The molecule has 0 radical (unpaired) electrons. The molecule has 2 rings (SSSR count). The number of hydrogen-bond acceptors (Lipinski definition) is 3. The lowest BCUT2D eigenvalue weighted by Gasteiger charge is -2.04. The second-order valence-corrected chi connectivity index (χ2v) is 3.75. The van der Waals surface area contributed by atoms with Crippen molar-refractivity contribution in [1.82, 2.24) is 0 Å². The average molecular weight is 240 g/mol. The fraction of sp³-hybridized carbons (Fsp3) is 0. The van der Waals surface area contributed by atoms with Gasteiger partial charge in [0.1, 0.15) is 5.70 Å². The van der Waals surface area contributed by atoms with Gasteiger partial charge in [0.2, 0.25) is 0 Å². The number of nitrogens with two attached hydrogens (primary N) is 1. The van der Waals surface area contributed by atoms with Gasteiger partial charge in [-0.2, -0.15) is 0 Å². The van der Waals surface area contributed by atoms with E-state index in [4.69, 9.17) is 5.73 Å². The highest BCUT2D eigenvalue weighted by molar-refractivity contribution is 5.84. The van der Waals surface area contributed by atoms with Gasteiger partial charge in [0.25, 0.3) is 5.70 Å². The number of nitrogens with zero attached hydrogens (tertiary/aromatic N) is 1. The highest BCUT2D eigenvalue weighted by Crippen LogP contribution is 2.22. The van der Waals surface area contributed by atoms with Crippen LogP contribution in [-0.4, -0.2) is 4.92 Å². The maximum atomic E-state index is 11.2. The van der Waals surface area contributed by atoms with Crippen LogP contribution in [0.5, 0.6) is 0 Å². The highest BCUT2D eigenvalue weighted by Gasteiger charge is 2.19. The first-order valence-corrected chi connectivity index (χ1v) is 5.45. The van der Waals surface area contributed by atoms with Crippen molar-refractivity contribution in [2.24, 2.45) is 5.73 Å². The molecule has 4 nitrogen and oxygen atoms in total. The molecular weight excluding hydrogens is 228 g/mol. The van der Waals surface area contributed by atoms with Crippen LogP contribution in [0.4, 0.5) is 0 Å². The van der Waals surface area contributed by atoms with Crippen molar-refractivity contribution in [2.75, 3.05) is 0 Å². The Kier molecular flexibility index (Phi) is 3.38. The Morgan fingerprint density at radius 3 is 1.78 bits per heavy atom. The number of hydrogen-bond donors (Lipinski definition) is 1. The van der Waals surface area contributed by atoms with Crippen molar-refractivity contribution in [3.63, 3.8) is 0 Å². The Hall–Kier alpha value is -2.62. The van der Waals surface area contributed by atoms with Crippen molar-refractivity contribution in [1.29, 1.82) is 0 Å². The molecule has 0 aliphatic carbocycles. The lowest BCUT2D eigenvalue weighted by molar-refractivity contribution is -0.374. The van der Waals surface area contributed by atoms with E-state index >= 15 is 0 Å².